The van der Waals surface area contributed by atoms with Crippen molar-refractivity contribution in [3.63, 3.8) is 0 Å². The maximum atomic E-state index is 12.3. The van der Waals surface area contributed by atoms with Gasteiger partial charge in [0, 0.05) is 19.4 Å². The first kappa shape index (κ1) is 22.1. The van der Waals surface area contributed by atoms with Gasteiger partial charge in [-0.2, -0.15) is 4.98 Å². The number of aryl methyl sites for hydroxylation is 2. The predicted molar refractivity (Wildman–Crippen MR) is 112 cm³/mol. The van der Waals surface area contributed by atoms with Gasteiger partial charge in [0.25, 0.3) is 12.0 Å². The zero-order chi connectivity index (χ0) is 22.4. The number of ether oxygens (including phenoxy) is 1. The Morgan fingerprint density at radius 3 is 2.71 bits per heavy atom. The van der Waals surface area contributed by atoms with Crippen LogP contribution in [0.4, 0.5) is 0 Å². The number of rotatable bonds is 11. The second kappa shape index (κ2) is 9.96. The van der Waals surface area contributed by atoms with E-state index < -0.39 is 17.2 Å². The molecule has 164 valence electrons. The molecule has 2 aliphatic rings. The number of fused-ring (bicyclic) bond motifs is 2. The third-order valence-corrected chi connectivity index (χ3v) is 5.15. The van der Waals surface area contributed by atoms with Gasteiger partial charge in [0.2, 0.25) is 0 Å². The van der Waals surface area contributed by atoms with Crippen molar-refractivity contribution in [1.29, 1.82) is 0 Å². The number of hydrogen-bond donors (Lipinski definition) is 2. The molecule has 0 fully saturated rings. The van der Waals surface area contributed by atoms with Crippen LogP contribution in [0, 0.1) is 6.92 Å². The zero-order valence-corrected chi connectivity index (χ0v) is 17.2. The second-order valence-electron chi connectivity index (χ2n) is 7.35. The Morgan fingerprint density at radius 2 is 1.97 bits per heavy atom. The van der Waals surface area contributed by atoms with Crippen LogP contribution < -0.4 is 11.2 Å². The molecule has 10 nitrogen and oxygen atoms in total. The molecule has 0 saturated heterocycles. The van der Waals surface area contributed by atoms with E-state index >= 15 is 0 Å². The van der Waals surface area contributed by atoms with Gasteiger partial charge in [-0.25, -0.2) is 9.78 Å². The fraction of sp³-hybridized carbons (Fsp3) is 0.429. The largest absolute Gasteiger partial charge is 0.481 e. The number of nitrogens with one attached hydrogen (secondary N) is 1. The van der Waals surface area contributed by atoms with Gasteiger partial charge in [-0.15, -0.1) is 0 Å². The summed E-state index contributed by atoms with van der Waals surface area (Å²) in [5.74, 6) is -0.598. The molecular formula is C21H24N4O6. The lowest BCUT2D eigenvalue weighted by atomic mass is 10.0. The van der Waals surface area contributed by atoms with Crippen molar-refractivity contribution in [2.75, 3.05) is 6.61 Å². The lowest BCUT2D eigenvalue weighted by Crippen LogP contribution is -2.29. The van der Waals surface area contributed by atoms with E-state index in [1.807, 2.05) is 23.6 Å². The Labute approximate surface area is 177 Å². The van der Waals surface area contributed by atoms with E-state index in [2.05, 4.69) is 15.0 Å². The molecule has 0 spiro atoms. The standard InChI is InChI=1S/C21H24N4O6/c1-13-10-15-16(11-14(13)7-9-31-12-26)25(8-5-3-2-4-6-17(27)28)19-18(22-15)20(29)24-21(30)23-19/h10-12H,2-9H2,1H3,(H,27,28)(H,24,29,30). The molecule has 2 heterocycles. The number of benzene rings is 1. The number of aliphatic carboxylic acids is 1. The van der Waals surface area contributed by atoms with Crippen molar-refractivity contribution in [3.05, 3.63) is 44.1 Å². The average molecular weight is 428 g/mol. The van der Waals surface area contributed by atoms with Crippen molar-refractivity contribution in [1.82, 2.24) is 19.5 Å². The molecule has 1 aromatic carbocycles. The number of carboxylic acid groups (broad SMARTS) is 1. The Hall–Kier alpha value is -3.56. The fourth-order valence-corrected chi connectivity index (χ4v) is 3.60. The van der Waals surface area contributed by atoms with Gasteiger partial charge in [0.15, 0.2) is 11.5 Å². The van der Waals surface area contributed by atoms with Crippen LogP contribution in [-0.4, -0.2) is 43.7 Å². The molecule has 0 unspecified atom stereocenters. The maximum absolute atomic E-state index is 12.3. The van der Waals surface area contributed by atoms with Gasteiger partial charge in [0.1, 0.15) is 0 Å². The molecule has 0 amide bonds. The highest BCUT2D eigenvalue weighted by molar-refractivity contribution is 5.81. The van der Waals surface area contributed by atoms with E-state index in [1.54, 1.807) is 0 Å². The summed E-state index contributed by atoms with van der Waals surface area (Å²) in [6, 6.07) is 3.78. The van der Waals surface area contributed by atoms with Crippen molar-refractivity contribution in [2.24, 2.45) is 0 Å². The molecule has 0 atom stereocenters. The molecular weight excluding hydrogens is 404 g/mol. The summed E-state index contributed by atoms with van der Waals surface area (Å²) in [5.41, 5.74) is 1.99. The maximum Gasteiger partial charge on any atom is 0.349 e. The van der Waals surface area contributed by atoms with Gasteiger partial charge in [-0.1, -0.05) is 12.8 Å². The van der Waals surface area contributed by atoms with Crippen molar-refractivity contribution in [2.45, 2.75) is 52.0 Å². The van der Waals surface area contributed by atoms with Crippen LogP contribution in [0.5, 0.6) is 0 Å². The van der Waals surface area contributed by atoms with E-state index in [4.69, 9.17) is 9.84 Å². The zero-order valence-electron chi connectivity index (χ0n) is 17.2. The Morgan fingerprint density at radius 1 is 1.19 bits per heavy atom. The lowest BCUT2D eigenvalue weighted by molar-refractivity contribution is -0.137. The lowest BCUT2D eigenvalue weighted by Gasteiger charge is -2.18. The van der Waals surface area contributed by atoms with Crippen LogP contribution >= 0.6 is 0 Å². The minimum absolute atomic E-state index is 0.0921. The third-order valence-electron chi connectivity index (χ3n) is 5.15. The minimum Gasteiger partial charge on any atom is -0.481 e. The molecule has 2 aliphatic heterocycles. The van der Waals surface area contributed by atoms with Gasteiger partial charge < -0.3 is 14.4 Å². The van der Waals surface area contributed by atoms with Crippen LogP contribution in [0.15, 0.2) is 21.7 Å². The highest BCUT2D eigenvalue weighted by Gasteiger charge is 2.19. The summed E-state index contributed by atoms with van der Waals surface area (Å²) >= 11 is 0. The first-order valence-electron chi connectivity index (χ1n) is 10.1. The molecule has 0 aromatic heterocycles. The number of carbonyl (C=O) groups is 2. The quantitative estimate of drug-likeness (QED) is 0.266. The van der Waals surface area contributed by atoms with Crippen molar-refractivity contribution in [3.8, 4) is 11.5 Å². The van der Waals surface area contributed by atoms with Crippen LogP contribution in [0.2, 0.25) is 0 Å². The van der Waals surface area contributed by atoms with Gasteiger partial charge in [0.05, 0.1) is 17.6 Å². The van der Waals surface area contributed by atoms with Crippen molar-refractivity contribution < 1.29 is 19.4 Å². The van der Waals surface area contributed by atoms with E-state index in [9.17, 15) is 19.2 Å². The second-order valence-corrected chi connectivity index (χ2v) is 7.35. The predicted octanol–water partition coefficient (Wildman–Crippen LogP) is 1.64. The summed E-state index contributed by atoms with van der Waals surface area (Å²) in [4.78, 5) is 55.9. The van der Waals surface area contributed by atoms with Crippen LogP contribution in [-0.2, 0) is 27.3 Å². The fourth-order valence-electron chi connectivity index (χ4n) is 3.60. The molecule has 31 heavy (non-hydrogen) atoms. The molecule has 3 rings (SSSR count). The van der Waals surface area contributed by atoms with Gasteiger partial charge in [-0.05, 0) is 43.0 Å². The number of hydrogen-bond acceptors (Lipinski definition) is 7. The molecule has 1 aromatic rings. The topological polar surface area (TPSA) is 144 Å². The van der Waals surface area contributed by atoms with Gasteiger partial charge in [-0.3, -0.25) is 19.4 Å². The Kier molecular flexibility index (Phi) is 7.11. The summed E-state index contributed by atoms with van der Waals surface area (Å²) < 4.78 is 6.63. The normalized spacial score (nSPS) is 11.1. The minimum atomic E-state index is -0.812. The molecule has 10 heteroatoms. The van der Waals surface area contributed by atoms with E-state index in [0.717, 1.165) is 35.9 Å². The number of H-pyrrole nitrogens is 1. The number of unbranched alkanes of at least 4 members (excludes halogenated alkanes) is 3. The van der Waals surface area contributed by atoms with Crippen molar-refractivity contribution >= 4 is 23.5 Å². The summed E-state index contributed by atoms with van der Waals surface area (Å²) in [7, 11) is 0. The van der Waals surface area contributed by atoms with E-state index in [1.165, 1.54) is 0 Å². The van der Waals surface area contributed by atoms with Gasteiger partial charge >= 0.3 is 11.7 Å². The van der Waals surface area contributed by atoms with Crippen LogP contribution in [0.3, 0.4) is 0 Å². The smallest absolute Gasteiger partial charge is 0.349 e. The summed E-state index contributed by atoms with van der Waals surface area (Å²) in [6.45, 7) is 3.05. The van der Waals surface area contributed by atoms with E-state index in [0.29, 0.717) is 31.4 Å². The molecule has 0 aliphatic carbocycles. The monoisotopic (exact) mass is 428 g/mol. The number of carboxylic acids is 1. The third kappa shape index (κ3) is 5.33. The number of aromatic nitrogens is 4. The van der Waals surface area contributed by atoms with Crippen LogP contribution in [0.1, 0.15) is 43.2 Å². The average Bonchev–Trinajstić information content (AvgIpc) is 2.71. The first-order chi connectivity index (χ1) is 14.9. The molecule has 0 radical (unpaired) electrons. The van der Waals surface area contributed by atoms with E-state index in [-0.39, 0.29) is 24.5 Å². The molecule has 2 N–H and O–H groups in total. The number of nitrogens with zero attached hydrogens (tertiary/aromatic N) is 3. The highest BCUT2D eigenvalue weighted by atomic mass is 16.5. The number of carbonyl (C=O) groups excluding carboxylic acids is 1. The molecule has 0 bridgehead atoms. The SMILES string of the molecule is Cc1cc2nc3c(=O)[nH]c(=O)nc-3n(CCCCCCC(=O)O)c2cc1CCOC=O. The summed E-state index contributed by atoms with van der Waals surface area (Å²) in [5, 5.41) is 8.75. The Balaban J connectivity index is 2.00. The Bertz CT molecular complexity index is 1180. The highest BCUT2D eigenvalue weighted by Crippen LogP contribution is 2.25. The summed E-state index contributed by atoms with van der Waals surface area (Å²) in [6.07, 6.45) is 3.53. The number of aromatic amines is 1. The van der Waals surface area contributed by atoms with Crippen LogP contribution in [0.25, 0.3) is 22.6 Å². The first-order valence-corrected chi connectivity index (χ1v) is 10.1. The molecule has 0 saturated carbocycles.